The summed E-state index contributed by atoms with van der Waals surface area (Å²) < 4.78 is 24.2. The highest BCUT2D eigenvalue weighted by Gasteiger charge is 2.52. The van der Waals surface area contributed by atoms with Crippen LogP contribution >= 0.6 is 22.6 Å². The lowest BCUT2D eigenvalue weighted by atomic mass is 9.88. The van der Waals surface area contributed by atoms with E-state index in [1.54, 1.807) is 35.8 Å². The van der Waals surface area contributed by atoms with E-state index in [2.05, 4.69) is 37.9 Å². The predicted octanol–water partition coefficient (Wildman–Crippen LogP) is 4.96. The molecule has 0 aliphatic carbocycles. The second-order valence-electron chi connectivity index (χ2n) is 7.50. The molecule has 0 saturated carbocycles. The average molecular weight is 508 g/mol. The molecule has 1 saturated heterocycles. The third-order valence-electron chi connectivity index (χ3n) is 5.72. The molecule has 4 atom stereocenters. The number of halogens is 2. The molecule has 1 aromatic carbocycles. The largest absolute Gasteiger partial charge is 0.351 e. The number of benzene rings is 1. The summed E-state index contributed by atoms with van der Waals surface area (Å²) in [6.07, 6.45) is 2.97. The van der Waals surface area contributed by atoms with Crippen molar-refractivity contribution in [1.82, 2.24) is 14.5 Å². The number of fused-ring (bicyclic) bond motifs is 1. The number of rotatable bonds is 4. The summed E-state index contributed by atoms with van der Waals surface area (Å²) in [5.74, 6) is -0.112. The lowest BCUT2D eigenvalue weighted by Crippen LogP contribution is -2.33. The molecular formula is C21H22FIN4O2. The van der Waals surface area contributed by atoms with Crippen LogP contribution in [0.4, 0.5) is 10.2 Å². The summed E-state index contributed by atoms with van der Waals surface area (Å²) in [6, 6.07) is 8.92. The minimum absolute atomic E-state index is 0.163. The van der Waals surface area contributed by atoms with E-state index in [4.69, 9.17) is 4.74 Å². The van der Waals surface area contributed by atoms with Gasteiger partial charge in [0.2, 0.25) is 0 Å². The summed E-state index contributed by atoms with van der Waals surface area (Å²) in [7, 11) is 0. The zero-order valence-electron chi connectivity index (χ0n) is 16.4. The molecule has 0 radical (unpaired) electrons. The molecule has 1 aliphatic heterocycles. The van der Waals surface area contributed by atoms with Crippen molar-refractivity contribution in [1.29, 1.82) is 0 Å². The van der Waals surface area contributed by atoms with E-state index in [0.29, 0.717) is 22.4 Å². The standard InChI is InChI=1S/C21H22FIN4O2/c1-4-15-12(2)21(3,22)20(29-15)27-10-14(23)16-17(24-11-25-18(16)27)26-19(28)13-8-6-5-7-9-13/h5-12,15,20H,4H2,1-3H3,(H,24,25,26,28)/t12-,15-,20-,21-/m1/s1. The van der Waals surface area contributed by atoms with Crippen LogP contribution in [0.15, 0.2) is 42.9 Å². The predicted molar refractivity (Wildman–Crippen MR) is 118 cm³/mol. The molecule has 6 nitrogen and oxygen atoms in total. The Bertz CT molecular complexity index is 1050. The quantitative estimate of drug-likeness (QED) is 0.506. The lowest BCUT2D eigenvalue weighted by molar-refractivity contribution is -0.0448. The van der Waals surface area contributed by atoms with Crippen molar-refractivity contribution in [2.24, 2.45) is 5.92 Å². The fourth-order valence-corrected chi connectivity index (χ4v) is 4.67. The normalized spacial score (nSPS) is 26.7. The van der Waals surface area contributed by atoms with Gasteiger partial charge in [0.05, 0.1) is 11.5 Å². The molecule has 1 amide bonds. The van der Waals surface area contributed by atoms with Gasteiger partial charge in [-0.3, -0.25) is 4.79 Å². The zero-order chi connectivity index (χ0) is 20.8. The zero-order valence-corrected chi connectivity index (χ0v) is 18.6. The number of ether oxygens (including phenoxy) is 1. The number of nitrogens with zero attached hydrogens (tertiary/aromatic N) is 3. The van der Waals surface area contributed by atoms with Gasteiger partial charge in [0, 0.05) is 21.2 Å². The van der Waals surface area contributed by atoms with Gasteiger partial charge in [0.1, 0.15) is 17.8 Å². The average Bonchev–Trinajstić information content (AvgIpc) is 3.17. The van der Waals surface area contributed by atoms with E-state index < -0.39 is 11.9 Å². The Labute approximate surface area is 182 Å². The summed E-state index contributed by atoms with van der Waals surface area (Å²) in [5.41, 5.74) is -0.483. The fraction of sp³-hybridized carbons (Fsp3) is 0.381. The number of amides is 1. The molecule has 8 heteroatoms. The van der Waals surface area contributed by atoms with Crippen molar-refractivity contribution >= 4 is 45.3 Å². The topological polar surface area (TPSA) is 69.0 Å². The first kappa shape index (κ1) is 20.2. The molecular weight excluding hydrogens is 486 g/mol. The van der Waals surface area contributed by atoms with Crippen LogP contribution in [0.2, 0.25) is 0 Å². The van der Waals surface area contributed by atoms with Crippen molar-refractivity contribution in [3.8, 4) is 0 Å². The van der Waals surface area contributed by atoms with E-state index in [0.717, 1.165) is 9.99 Å². The molecule has 3 aromatic rings. The molecule has 4 rings (SSSR count). The first-order valence-electron chi connectivity index (χ1n) is 9.56. The van der Waals surface area contributed by atoms with Gasteiger partial charge in [-0.05, 0) is 48.1 Å². The van der Waals surface area contributed by atoms with Gasteiger partial charge in [0.25, 0.3) is 5.91 Å². The summed E-state index contributed by atoms with van der Waals surface area (Å²) in [4.78, 5) is 21.2. The van der Waals surface area contributed by atoms with Crippen LogP contribution in [0.25, 0.3) is 11.0 Å². The summed E-state index contributed by atoms with van der Waals surface area (Å²) in [5, 5.41) is 3.52. The van der Waals surface area contributed by atoms with Gasteiger partial charge in [0.15, 0.2) is 11.9 Å². The highest BCUT2D eigenvalue weighted by atomic mass is 127. The van der Waals surface area contributed by atoms with Gasteiger partial charge in [-0.15, -0.1) is 0 Å². The molecule has 1 N–H and O–H groups in total. The van der Waals surface area contributed by atoms with E-state index in [-0.39, 0.29) is 17.9 Å². The Morgan fingerprint density at radius 1 is 1.34 bits per heavy atom. The summed E-state index contributed by atoms with van der Waals surface area (Å²) in [6.45, 7) is 5.46. The molecule has 1 fully saturated rings. The highest BCUT2D eigenvalue weighted by Crippen LogP contribution is 2.47. The van der Waals surface area contributed by atoms with Crippen LogP contribution < -0.4 is 5.32 Å². The molecule has 0 bridgehead atoms. The molecule has 152 valence electrons. The molecule has 3 heterocycles. The first-order valence-corrected chi connectivity index (χ1v) is 10.6. The van der Waals surface area contributed by atoms with Gasteiger partial charge in [-0.25, -0.2) is 14.4 Å². The molecule has 2 aromatic heterocycles. The highest BCUT2D eigenvalue weighted by molar-refractivity contribution is 14.1. The van der Waals surface area contributed by atoms with Crippen molar-refractivity contribution in [3.63, 3.8) is 0 Å². The maximum atomic E-state index is 15.6. The second kappa shape index (κ2) is 7.64. The van der Waals surface area contributed by atoms with E-state index in [9.17, 15) is 4.79 Å². The molecule has 0 spiro atoms. The second-order valence-corrected chi connectivity index (χ2v) is 8.66. The van der Waals surface area contributed by atoms with Crippen LogP contribution in [0.1, 0.15) is 43.8 Å². The number of nitrogens with one attached hydrogen (secondary N) is 1. The van der Waals surface area contributed by atoms with Crippen molar-refractivity contribution in [3.05, 3.63) is 52.0 Å². The van der Waals surface area contributed by atoms with E-state index in [1.165, 1.54) is 6.33 Å². The van der Waals surface area contributed by atoms with Crippen LogP contribution in [-0.4, -0.2) is 32.2 Å². The van der Waals surface area contributed by atoms with E-state index in [1.807, 2.05) is 26.1 Å². The van der Waals surface area contributed by atoms with Crippen LogP contribution in [0, 0.1) is 9.49 Å². The number of anilines is 1. The number of alkyl halides is 1. The third kappa shape index (κ3) is 3.42. The van der Waals surface area contributed by atoms with Gasteiger partial charge in [-0.1, -0.05) is 32.0 Å². The van der Waals surface area contributed by atoms with E-state index >= 15 is 4.39 Å². The number of carbonyl (C=O) groups is 1. The molecule has 29 heavy (non-hydrogen) atoms. The maximum absolute atomic E-state index is 15.6. The Morgan fingerprint density at radius 2 is 2.07 bits per heavy atom. The molecule has 1 aliphatic rings. The Morgan fingerprint density at radius 3 is 2.72 bits per heavy atom. The monoisotopic (exact) mass is 508 g/mol. The fourth-order valence-electron chi connectivity index (χ4n) is 3.87. The molecule has 0 unspecified atom stereocenters. The van der Waals surface area contributed by atoms with Crippen LogP contribution in [0.5, 0.6) is 0 Å². The number of hydrogen-bond acceptors (Lipinski definition) is 4. The minimum Gasteiger partial charge on any atom is -0.351 e. The van der Waals surface area contributed by atoms with Crippen molar-refractivity contribution in [2.45, 2.75) is 45.2 Å². The smallest absolute Gasteiger partial charge is 0.256 e. The summed E-state index contributed by atoms with van der Waals surface area (Å²) >= 11 is 2.15. The maximum Gasteiger partial charge on any atom is 0.256 e. The Kier molecular flexibility index (Phi) is 5.32. The minimum atomic E-state index is -1.55. The first-order chi connectivity index (χ1) is 13.8. The van der Waals surface area contributed by atoms with Gasteiger partial charge >= 0.3 is 0 Å². The Balaban J connectivity index is 1.74. The SMILES string of the molecule is CC[C@H]1O[C@@H](n2cc(I)c3c(NC(=O)c4ccccc4)ncnc32)[C@](C)(F)[C@@H]1C. The number of hydrogen-bond donors (Lipinski definition) is 1. The third-order valence-corrected chi connectivity index (χ3v) is 6.54. The van der Waals surface area contributed by atoms with Crippen LogP contribution in [-0.2, 0) is 4.74 Å². The van der Waals surface area contributed by atoms with Gasteiger partial charge in [-0.2, -0.15) is 0 Å². The number of carbonyl (C=O) groups excluding carboxylic acids is 1. The van der Waals surface area contributed by atoms with Crippen molar-refractivity contribution in [2.75, 3.05) is 5.32 Å². The lowest BCUT2D eigenvalue weighted by Gasteiger charge is -2.26. The number of aromatic nitrogens is 3. The Hall–Kier alpha value is -2.07. The van der Waals surface area contributed by atoms with Crippen molar-refractivity contribution < 1.29 is 13.9 Å². The van der Waals surface area contributed by atoms with Gasteiger partial charge < -0.3 is 14.6 Å². The van der Waals surface area contributed by atoms with Crippen LogP contribution in [0.3, 0.4) is 0 Å².